The zero-order valence-corrected chi connectivity index (χ0v) is 8.35. The Kier molecular flexibility index (Phi) is 2.20. The average Bonchev–Trinajstić information content (AvgIpc) is 2.61. The summed E-state index contributed by atoms with van der Waals surface area (Å²) in [5.41, 5.74) is 0.620. The van der Waals surface area contributed by atoms with Gasteiger partial charge in [0.05, 0.1) is 12.7 Å². The van der Waals surface area contributed by atoms with E-state index in [0.29, 0.717) is 17.0 Å². The van der Waals surface area contributed by atoms with Crippen LogP contribution in [-0.2, 0) is 0 Å². The van der Waals surface area contributed by atoms with Crippen LogP contribution in [0, 0.1) is 0 Å². The van der Waals surface area contributed by atoms with Crippen molar-refractivity contribution >= 4 is 23.3 Å². The fourth-order valence-electron chi connectivity index (χ4n) is 1.10. The van der Waals surface area contributed by atoms with Gasteiger partial charge in [-0.05, 0) is 0 Å². The van der Waals surface area contributed by atoms with E-state index in [4.69, 9.17) is 0 Å². The van der Waals surface area contributed by atoms with Crippen molar-refractivity contribution in [2.24, 2.45) is 4.99 Å². The lowest BCUT2D eigenvalue weighted by Gasteiger charge is -2.01. The van der Waals surface area contributed by atoms with Crippen molar-refractivity contribution in [3.8, 4) is 0 Å². The third-order valence-corrected chi connectivity index (χ3v) is 1.71. The third-order valence-electron chi connectivity index (χ3n) is 1.71. The summed E-state index contributed by atoms with van der Waals surface area (Å²) in [6, 6.07) is 0. The molecule has 0 aromatic carbocycles. The number of aliphatic imine (C=N–C) groups is 1. The van der Waals surface area contributed by atoms with Gasteiger partial charge in [0.25, 0.3) is 0 Å². The van der Waals surface area contributed by atoms with E-state index in [0.717, 1.165) is 0 Å². The summed E-state index contributed by atoms with van der Waals surface area (Å²) in [5, 5.41) is 0. The highest BCUT2D eigenvalue weighted by Gasteiger charge is 2.04. The van der Waals surface area contributed by atoms with Crippen molar-refractivity contribution in [2.75, 3.05) is 14.1 Å². The van der Waals surface area contributed by atoms with Crippen LogP contribution >= 0.6 is 0 Å². The van der Waals surface area contributed by atoms with Crippen LogP contribution in [0.5, 0.6) is 0 Å². The predicted octanol–water partition coefficient (Wildman–Crippen LogP) is -0.132. The van der Waals surface area contributed by atoms with Crippen LogP contribution in [0.3, 0.4) is 0 Å². The van der Waals surface area contributed by atoms with Crippen molar-refractivity contribution in [2.45, 2.75) is 0 Å². The maximum Gasteiger partial charge on any atom is 0.348 e. The second kappa shape index (κ2) is 3.52. The molecule has 2 aromatic rings. The van der Waals surface area contributed by atoms with Gasteiger partial charge in [0, 0.05) is 14.1 Å². The second-order valence-electron chi connectivity index (χ2n) is 3.20. The minimum Gasteiger partial charge on any atom is -0.369 e. The number of aromatic amines is 2. The summed E-state index contributed by atoms with van der Waals surface area (Å²) < 4.78 is 0. The van der Waals surface area contributed by atoms with Crippen LogP contribution in [0.1, 0.15) is 0 Å². The summed E-state index contributed by atoms with van der Waals surface area (Å²) in [4.78, 5) is 30.0. The highest BCUT2D eigenvalue weighted by Crippen LogP contribution is 2.15. The van der Waals surface area contributed by atoms with Gasteiger partial charge in [0.15, 0.2) is 11.5 Å². The predicted molar refractivity (Wildman–Crippen MR) is 56.3 cm³/mol. The van der Waals surface area contributed by atoms with Gasteiger partial charge in [0.1, 0.15) is 5.52 Å². The largest absolute Gasteiger partial charge is 0.369 e. The number of aromatic nitrogens is 4. The van der Waals surface area contributed by atoms with E-state index in [1.807, 2.05) is 14.1 Å². The fraction of sp³-hybridized carbons (Fsp3) is 0.250. The molecule has 0 aliphatic rings. The van der Waals surface area contributed by atoms with Crippen molar-refractivity contribution in [1.82, 2.24) is 24.8 Å². The quantitative estimate of drug-likeness (QED) is 0.529. The van der Waals surface area contributed by atoms with Gasteiger partial charge in [-0.1, -0.05) is 0 Å². The number of imidazole rings is 1. The molecule has 2 N–H and O–H groups in total. The molecule has 2 heterocycles. The summed E-state index contributed by atoms with van der Waals surface area (Å²) in [6.07, 6.45) is 3.05. The van der Waals surface area contributed by atoms with Crippen molar-refractivity contribution in [1.29, 1.82) is 0 Å². The van der Waals surface area contributed by atoms with Crippen LogP contribution in [0.25, 0.3) is 11.2 Å². The second-order valence-corrected chi connectivity index (χ2v) is 3.20. The van der Waals surface area contributed by atoms with Crippen molar-refractivity contribution in [3.63, 3.8) is 0 Å². The van der Waals surface area contributed by atoms with Crippen LogP contribution in [-0.4, -0.2) is 45.3 Å². The molecule has 0 saturated heterocycles. The standard InChI is InChI=1S/C8H10N6O/c1-14(2)4-11-7-5-6(10-3-9-5)12-8(15)13-7/h3-4H,1-2H3,(H2,9,10,12,13,15). The number of nitrogens with zero attached hydrogens (tertiary/aromatic N) is 4. The summed E-state index contributed by atoms with van der Waals surface area (Å²) in [7, 11) is 3.67. The maximum absolute atomic E-state index is 11.1. The lowest BCUT2D eigenvalue weighted by molar-refractivity contribution is 0.643. The lowest BCUT2D eigenvalue weighted by atomic mass is 10.5. The first-order valence-corrected chi connectivity index (χ1v) is 4.31. The highest BCUT2D eigenvalue weighted by atomic mass is 16.1. The maximum atomic E-state index is 11.1. The zero-order valence-electron chi connectivity index (χ0n) is 8.35. The molecule has 2 rings (SSSR count). The SMILES string of the molecule is CN(C)C=Nc1nc(=O)[nH]c2nc[nH]c12. The first-order valence-electron chi connectivity index (χ1n) is 4.31. The highest BCUT2D eigenvalue weighted by molar-refractivity contribution is 5.82. The number of fused-ring (bicyclic) bond motifs is 1. The Bertz CT molecular complexity index is 552. The Hall–Kier alpha value is -2.18. The molecular weight excluding hydrogens is 196 g/mol. The number of nitrogens with one attached hydrogen (secondary N) is 2. The molecule has 0 radical (unpaired) electrons. The van der Waals surface area contributed by atoms with Crippen LogP contribution in [0.15, 0.2) is 16.1 Å². The first-order chi connectivity index (χ1) is 7.16. The van der Waals surface area contributed by atoms with E-state index in [1.54, 1.807) is 11.2 Å². The summed E-state index contributed by atoms with van der Waals surface area (Å²) in [6.45, 7) is 0. The van der Waals surface area contributed by atoms with Gasteiger partial charge >= 0.3 is 5.69 Å². The van der Waals surface area contributed by atoms with E-state index in [2.05, 4.69) is 24.9 Å². The Labute approximate surface area is 84.9 Å². The summed E-state index contributed by atoms with van der Waals surface area (Å²) in [5.74, 6) is 0.333. The molecule has 0 aliphatic carbocycles. The minimum atomic E-state index is -0.458. The van der Waals surface area contributed by atoms with Gasteiger partial charge in [-0.3, -0.25) is 4.98 Å². The molecule has 78 valence electrons. The zero-order chi connectivity index (χ0) is 10.8. The topological polar surface area (TPSA) is 90.0 Å². The third kappa shape index (κ3) is 1.85. The van der Waals surface area contributed by atoms with Crippen molar-refractivity contribution < 1.29 is 0 Å². The van der Waals surface area contributed by atoms with Gasteiger partial charge in [-0.25, -0.2) is 14.8 Å². The van der Waals surface area contributed by atoms with Crippen LogP contribution in [0.4, 0.5) is 5.82 Å². The molecule has 2 aromatic heterocycles. The lowest BCUT2D eigenvalue weighted by Crippen LogP contribution is -2.11. The molecule has 0 spiro atoms. The van der Waals surface area contributed by atoms with Gasteiger partial charge in [-0.2, -0.15) is 4.98 Å². The van der Waals surface area contributed by atoms with E-state index >= 15 is 0 Å². The van der Waals surface area contributed by atoms with Gasteiger partial charge in [-0.15, -0.1) is 0 Å². The Morgan fingerprint density at radius 2 is 2.33 bits per heavy atom. The molecule has 7 nitrogen and oxygen atoms in total. The Morgan fingerprint density at radius 3 is 3.07 bits per heavy atom. The molecular formula is C8H10N6O. The fourth-order valence-corrected chi connectivity index (χ4v) is 1.10. The van der Waals surface area contributed by atoms with E-state index in [9.17, 15) is 4.79 Å². The monoisotopic (exact) mass is 206 g/mol. The molecule has 0 unspecified atom stereocenters. The molecule has 0 saturated carbocycles. The van der Waals surface area contributed by atoms with Gasteiger partial charge in [0.2, 0.25) is 0 Å². The Balaban J connectivity index is 2.58. The molecule has 0 amide bonds. The minimum absolute atomic E-state index is 0.333. The van der Waals surface area contributed by atoms with Gasteiger partial charge < -0.3 is 9.88 Å². The normalized spacial score (nSPS) is 11.3. The number of hydrogen-bond donors (Lipinski definition) is 2. The smallest absolute Gasteiger partial charge is 0.348 e. The van der Waals surface area contributed by atoms with E-state index < -0.39 is 5.69 Å². The van der Waals surface area contributed by atoms with Crippen LogP contribution < -0.4 is 5.69 Å². The van der Waals surface area contributed by atoms with E-state index in [1.165, 1.54) is 6.33 Å². The molecule has 0 bridgehead atoms. The number of H-pyrrole nitrogens is 2. The molecule has 0 fully saturated rings. The molecule has 0 atom stereocenters. The summed E-state index contributed by atoms with van der Waals surface area (Å²) >= 11 is 0. The molecule has 7 heteroatoms. The molecule has 0 aliphatic heterocycles. The van der Waals surface area contributed by atoms with E-state index in [-0.39, 0.29) is 0 Å². The number of rotatable bonds is 2. The molecule has 15 heavy (non-hydrogen) atoms. The average molecular weight is 206 g/mol. The number of hydrogen-bond acceptors (Lipinski definition) is 4. The van der Waals surface area contributed by atoms with Crippen molar-refractivity contribution in [3.05, 3.63) is 16.8 Å². The first kappa shape index (κ1) is 9.38. The van der Waals surface area contributed by atoms with Crippen LogP contribution in [0.2, 0.25) is 0 Å². The Morgan fingerprint density at radius 1 is 1.53 bits per heavy atom.